The molecule has 2 aromatic rings. The number of H-pyrrole nitrogens is 1. The van der Waals surface area contributed by atoms with Crippen LogP contribution in [0, 0.1) is 5.92 Å². The molecule has 12 heteroatoms. The average Bonchev–Trinajstić information content (AvgIpc) is 3.51. The Kier molecular flexibility index (Phi) is 9.23. The summed E-state index contributed by atoms with van der Waals surface area (Å²) in [5.41, 5.74) is 1.54. The van der Waals surface area contributed by atoms with E-state index in [-0.39, 0.29) is 6.42 Å². The van der Waals surface area contributed by atoms with Gasteiger partial charge in [0.1, 0.15) is 18.1 Å². The number of carbonyl (C=O) groups excluding carboxylic acids is 3. The molecule has 1 aromatic carbocycles. The smallest absolute Gasteiger partial charge is 0.326 e. The van der Waals surface area contributed by atoms with E-state index in [0.29, 0.717) is 18.5 Å². The van der Waals surface area contributed by atoms with Crippen LogP contribution in [0.2, 0.25) is 0 Å². The molecule has 0 aliphatic carbocycles. The highest BCUT2D eigenvalue weighted by Crippen LogP contribution is 2.19. The van der Waals surface area contributed by atoms with Gasteiger partial charge < -0.3 is 36.5 Å². The molecule has 1 aliphatic rings. The maximum Gasteiger partial charge on any atom is 0.326 e. The van der Waals surface area contributed by atoms with Crippen molar-refractivity contribution in [2.45, 2.75) is 63.7 Å². The monoisotopic (exact) mass is 515 g/mol. The number of hydrogen-bond donors (Lipinski definition) is 7. The van der Waals surface area contributed by atoms with Gasteiger partial charge in [0.25, 0.3) is 0 Å². The fourth-order valence-electron chi connectivity index (χ4n) is 4.34. The number of nitrogens with one attached hydrogen (secondary N) is 5. The Balaban J connectivity index is 1.70. The number of aliphatic carboxylic acids is 2. The first-order chi connectivity index (χ1) is 17.6. The van der Waals surface area contributed by atoms with Crippen molar-refractivity contribution in [2.75, 3.05) is 6.54 Å². The fraction of sp³-hybridized carbons (Fsp3) is 0.480. The van der Waals surface area contributed by atoms with Gasteiger partial charge in [0.05, 0.1) is 12.5 Å². The van der Waals surface area contributed by atoms with Gasteiger partial charge in [-0.15, -0.1) is 0 Å². The highest BCUT2D eigenvalue weighted by Gasteiger charge is 2.33. The number of rotatable bonds is 12. The Hall–Kier alpha value is -3.93. The molecular weight excluding hydrogens is 482 g/mol. The van der Waals surface area contributed by atoms with Crippen LogP contribution in [0.4, 0.5) is 0 Å². The van der Waals surface area contributed by atoms with Crippen molar-refractivity contribution in [1.29, 1.82) is 0 Å². The molecule has 1 fully saturated rings. The van der Waals surface area contributed by atoms with Gasteiger partial charge in [0, 0.05) is 23.5 Å². The first-order valence-electron chi connectivity index (χ1n) is 12.2. The summed E-state index contributed by atoms with van der Waals surface area (Å²) in [5.74, 6) is -5.06. The third-order valence-electron chi connectivity index (χ3n) is 6.35. The number of hydrogen-bond acceptors (Lipinski definition) is 6. The van der Waals surface area contributed by atoms with Crippen LogP contribution in [0.25, 0.3) is 10.9 Å². The van der Waals surface area contributed by atoms with Gasteiger partial charge >= 0.3 is 11.9 Å². The van der Waals surface area contributed by atoms with Gasteiger partial charge in [-0.05, 0) is 36.9 Å². The number of carbonyl (C=O) groups is 5. The lowest BCUT2D eigenvalue weighted by atomic mass is 10.0. The molecule has 1 aliphatic heterocycles. The summed E-state index contributed by atoms with van der Waals surface area (Å²) in [6.07, 6.45) is 2.38. The van der Waals surface area contributed by atoms with Gasteiger partial charge in [0.15, 0.2) is 0 Å². The Morgan fingerprint density at radius 3 is 2.35 bits per heavy atom. The predicted molar refractivity (Wildman–Crippen MR) is 134 cm³/mol. The Bertz CT molecular complexity index is 1160. The van der Waals surface area contributed by atoms with E-state index in [0.717, 1.165) is 17.3 Å². The van der Waals surface area contributed by atoms with Crippen LogP contribution in [0.15, 0.2) is 30.5 Å². The van der Waals surface area contributed by atoms with Crippen molar-refractivity contribution in [2.24, 2.45) is 5.92 Å². The molecular formula is C25H33N5O7. The maximum atomic E-state index is 13.1. The molecule has 200 valence electrons. The minimum Gasteiger partial charge on any atom is -0.481 e. The topological polar surface area (TPSA) is 190 Å². The third-order valence-corrected chi connectivity index (χ3v) is 6.35. The zero-order valence-corrected chi connectivity index (χ0v) is 20.7. The Morgan fingerprint density at radius 1 is 1.00 bits per heavy atom. The molecule has 1 saturated heterocycles. The van der Waals surface area contributed by atoms with E-state index in [1.807, 2.05) is 24.3 Å². The predicted octanol–water partition coefficient (Wildman–Crippen LogP) is 0.132. The van der Waals surface area contributed by atoms with Gasteiger partial charge in [-0.2, -0.15) is 0 Å². The maximum absolute atomic E-state index is 13.1. The van der Waals surface area contributed by atoms with Crippen molar-refractivity contribution in [3.05, 3.63) is 36.0 Å². The molecule has 2 heterocycles. The number of benzene rings is 1. The SMILES string of the molecule is CC(C)C(NC(=O)C(CC(=O)O)NC(=O)C1CCCN1)C(=O)NC(Cc1c[nH]c2ccccc12)C(=O)O. The number of aromatic amines is 1. The fourth-order valence-corrected chi connectivity index (χ4v) is 4.34. The summed E-state index contributed by atoms with van der Waals surface area (Å²) in [6, 6.07) is 3.02. The van der Waals surface area contributed by atoms with E-state index in [1.54, 1.807) is 20.0 Å². The zero-order valence-electron chi connectivity index (χ0n) is 20.7. The van der Waals surface area contributed by atoms with Crippen LogP contribution in [-0.2, 0) is 30.4 Å². The van der Waals surface area contributed by atoms with Crippen molar-refractivity contribution in [1.82, 2.24) is 26.3 Å². The second-order valence-corrected chi connectivity index (χ2v) is 9.50. The van der Waals surface area contributed by atoms with Crippen LogP contribution in [0.3, 0.4) is 0 Å². The van der Waals surface area contributed by atoms with Crippen LogP contribution < -0.4 is 21.3 Å². The van der Waals surface area contributed by atoms with Crippen molar-refractivity contribution in [3.63, 3.8) is 0 Å². The lowest BCUT2D eigenvalue weighted by Crippen LogP contribution is -2.58. The van der Waals surface area contributed by atoms with Gasteiger partial charge in [0.2, 0.25) is 17.7 Å². The number of amides is 3. The minimum atomic E-state index is -1.40. The van der Waals surface area contributed by atoms with E-state index in [2.05, 4.69) is 26.3 Å². The second-order valence-electron chi connectivity index (χ2n) is 9.50. The molecule has 12 nitrogen and oxygen atoms in total. The molecule has 0 spiro atoms. The number of aromatic nitrogens is 1. The molecule has 3 amide bonds. The molecule has 0 bridgehead atoms. The third kappa shape index (κ3) is 7.29. The molecule has 37 heavy (non-hydrogen) atoms. The first kappa shape index (κ1) is 27.7. The summed E-state index contributed by atoms with van der Waals surface area (Å²) in [5, 5.41) is 30.3. The first-order valence-corrected chi connectivity index (χ1v) is 12.2. The number of carboxylic acid groups (broad SMARTS) is 2. The minimum absolute atomic E-state index is 0.00985. The molecule has 4 unspecified atom stereocenters. The lowest BCUT2D eigenvalue weighted by molar-refractivity contribution is -0.143. The zero-order chi connectivity index (χ0) is 27.1. The Morgan fingerprint density at radius 2 is 1.73 bits per heavy atom. The van der Waals surface area contributed by atoms with Crippen molar-refractivity contribution < 1.29 is 34.2 Å². The van der Waals surface area contributed by atoms with E-state index >= 15 is 0 Å². The largest absolute Gasteiger partial charge is 0.481 e. The second kappa shape index (κ2) is 12.3. The highest BCUT2D eigenvalue weighted by atomic mass is 16.4. The van der Waals surface area contributed by atoms with E-state index in [9.17, 15) is 34.2 Å². The number of carboxylic acids is 2. The summed E-state index contributed by atoms with van der Waals surface area (Å²) >= 11 is 0. The summed E-state index contributed by atoms with van der Waals surface area (Å²) in [7, 11) is 0. The van der Waals surface area contributed by atoms with E-state index < -0.39 is 66.2 Å². The van der Waals surface area contributed by atoms with Crippen molar-refractivity contribution in [3.8, 4) is 0 Å². The number of fused-ring (bicyclic) bond motifs is 1. The molecule has 0 radical (unpaired) electrons. The van der Waals surface area contributed by atoms with Crippen LogP contribution >= 0.6 is 0 Å². The van der Waals surface area contributed by atoms with Gasteiger partial charge in [-0.1, -0.05) is 32.0 Å². The van der Waals surface area contributed by atoms with Gasteiger partial charge in [-0.3, -0.25) is 19.2 Å². The average molecular weight is 516 g/mol. The Labute approximate surface area is 213 Å². The van der Waals surface area contributed by atoms with Crippen LogP contribution in [-0.4, -0.2) is 75.6 Å². The normalized spacial score (nSPS) is 17.6. The van der Waals surface area contributed by atoms with Crippen LogP contribution in [0.1, 0.15) is 38.7 Å². The molecule has 3 rings (SSSR count). The van der Waals surface area contributed by atoms with E-state index in [1.165, 1.54) is 0 Å². The van der Waals surface area contributed by atoms with Gasteiger partial charge in [-0.25, -0.2) is 4.79 Å². The van der Waals surface area contributed by atoms with Crippen molar-refractivity contribution >= 4 is 40.6 Å². The summed E-state index contributed by atoms with van der Waals surface area (Å²) in [4.78, 5) is 64.9. The van der Waals surface area contributed by atoms with Crippen LogP contribution in [0.5, 0.6) is 0 Å². The molecule has 7 N–H and O–H groups in total. The highest BCUT2D eigenvalue weighted by molar-refractivity contribution is 5.96. The quantitative estimate of drug-likeness (QED) is 0.208. The lowest BCUT2D eigenvalue weighted by Gasteiger charge is -2.26. The standard InChI is InChI=1S/C25H33N5O7/c1-13(2)21(30-23(34)18(11-20(31)32)28-22(33)17-8-5-9-26-17)24(35)29-19(25(36)37)10-14-12-27-16-7-4-3-6-15(14)16/h3-4,6-7,12-13,17-19,21,26-27H,5,8-11H2,1-2H3,(H,28,33)(H,29,35)(H,30,34)(H,31,32)(H,36,37). The molecule has 0 saturated carbocycles. The summed E-state index contributed by atoms with van der Waals surface area (Å²) in [6.45, 7) is 3.97. The van der Waals surface area contributed by atoms with E-state index in [4.69, 9.17) is 0 Å². The molecule has 4 atom stereocenters. The summed E-state index contributed by atoms with van der Waals surface area (Å²) < 4.78 is 0. The number of para-hydroxylation sites is 1. The molecule has 1 aromatic heterocycles.